The van der Waals surface area contributed by atoms with Crippen LogP contribution in [-0.2, 0) is 5.54 Å². The second-order valence-electron chi connectivity index (χ2n) is 4.57. The molecule has 0 aliphatic carbocycles. The van der Waals surface area contributed by atoms with Crippen LogP contribution in [0.15, 0.2) is 24.3 Å². The molecule has 0 spiro atoms. The van der Waals surface area contributed by atoms with E-state index in [1.807, 2.05) is 18.2 Å². The second kappa shape index (κ2) is 4.74. The molecule has 0 bridgehead atoms. The van der Waals surface area contributed by atoms with Crippen molar-refractivity contribution in [1.82, 2.24) is 4.90 Å². The molecule has 1 aromatic rings. The molecular formula is C13H19ClN2. The van der Waals surface area contributed by atoms with Crippen LogP contribution in [0.5, 0.6) is 0 Å². The molecule has 2 rings (SSSR count). The van der Waals surface area contributed by atoms with Gasteiger partial charge in [-0.25, -0.2) is 0 Å². The van der Waals surface area contributed by atoms with Gasteiger partial charge in [-0.05, 0) is 31.0 Å². The molecule has 88 valence electrons. The van der Waals surface area contributed by atoms with Gasteiger partial charge in [-0.1, -0.05) is 36.7 Å². The van der Waals surface area contributed by atoms with Gasteiger partial charge in [0.15, 0.2) is 0 Å². The van der Waals surface area contributed by atoms with Crippen LogP contribution in [0.3, 0.4) is 0 Å². The smallest absolute Gasteiger partial charge is 0.0456 e. The summed E-state index contributed by atoms with van der Waals surface area (Å²) in [5.74, 6) is 0. The van der Waals surface area contributed by atoms with E-state index in [1.165, 1.54) is 0 Å². The highest BCUT2D eigenvalue weighted by atomic mass is 35.5. The lowest BCUT2D eigenvalue weighted by Crippen LogP contribution is -2.48. The van der Waals surface area contributed by atoms with E-state index in [2.05, 4.69) is 17.9 Å². The number of halogens is 1. The molecule has 1 aliphatic heterocycles. The summed E-state index contributed by atoms with van der Waals surface area (Å²) in [6, 6.07) is 7.96. The Bertz CT molecular complexity index is 357. The normalized spacial score (nSPS) is 20.9. The van der Waals surface area contributed by atoms with E-state index in [0.717, 1.165) is 43.1 Å². The second-order valence-corrected chi connectivity index (χ2v) is 4.98. The predicted octanol–water partition coefficient (Wildman–Crippen LogP) is 2.61. The maximum Gasteiger partial charge on any atom is 0.0456 e. The van der Waals surface area contributed by atoms with Gasteiger partial charge in [-0.3, -0.25) is 0 Å². The van der Waals surface area contributed by atoms with E-state index >= 15 is 0 Å². The number of nitrogens with two attached hydrogens (primary N) is 1. The fourth-order valence-corrected chi connectivity index (χ4v) is 2.73. The van der Waals surface area contributed by atoms with Crippen molar-refractivity contribution in [2.45, 2.75) is 25.3 Å². The number of piperidine rings is 1. The molecular weight excluding hydrogens is 220 g/mol. The Hall–Kier alpha value is -0.570. The van der Waals surface area contributed by atoms with Gasteiger partial charge < -0.3 is 10.6 Å². The highest BCUT2D eigenvalue weighted by molar-refractivity contribution is 6.31. The molecule has 1 heterocycles. The Morgan fingerprint density at radius 2 is 1.94 bits per heavy atom. The third kappa shape index (κ3) is 2.24. The number of benzene rings is 1. The molecule has 0 radical (unpaired) electrons. The van der Waals surface area contributed by atoms with Crippen molar-refractivity contribution in [2.24, 2.45) is 5.73 Å². The van der Waals surface area contributed by atoms with Gasteiger partial charge in [0, 0.05) is 23.7 Å². The summed E-state index contributed by atoms with van der Waals surface area (Å²) in [6.07, 6.45) is 1.98. The molecule has 16 heavy (non-hydrogen) atoms. The van der Waals surface area contributed by atoms with Crippen LogP contribution in [-0.4, -0.2) is 24.5 Å². The minimum absolute atomic E-state index is 0.232. The number of hydrogen-bond donors (Lipinski definition) is 1. The first-order chi connectivity index (χ1) is 7.65. The summed E-state index contributed by atoms with van der Waals surface area (Å²) >= 11 is 6.22. The van der Waals surface area contributed by atoms with Gasteiger partial charge in [0.25, 0.3) is 0 Å². The van der Waals surface area contributed by atoms with Crippen molar-refractivity contribution in [2.75, 3.05) is 19.6 Å². The molecule has 1 saturated heterocycles. The molecule has 0 unspecified atom stereocenters. The molecule has 0 amide bonds. The highest BCUT2D eigenvalue weighted by Crippen LogP contribution is 2.34. The lowest BCUT2D eigenvalue weighted by atomic mass is 9.82. The van der Waals surface area contributed by atoms with Crippen molar-refractivity contribution in [3.8, 4) is 0 Å². The van der Waals surface area contributed by atoms with E-state index in [0.29, 0.717) is 0 Å². The van der Waals surface area contributed by atoms with Crippen LogP contribution in [0.4, 0.5) is 0 Å². The summed E-state index contributed by atoms with van der Waals surface area (Å²) in [5, 5.41) is 0.801. The van der Waals surface area contributed by atoms with Crippen molar-refractivity contribution < 1.29 is 0 Å². The summed E-state index contributed by atoms with van der Waals surface area (Å²) in [4.78, 5) is 2.43. The Kier molecular flexibility index (Phi) is 3.53. The van der Waals surface area contributed by atoms with E-state index in [-0.39, 0.29) is 5.54 Å². The number of nitrogens with zero attached hydrogens (tertiary/aromatic N) is 1. The first-order valence-corrected chi connectivity index (χ1v) is 6.30. The molecule has 0 aromatic heterocycles. The summed E-state index contributed by atoms with van der Waals surface area (Å²) in [7, 11) is 0. The fraction of sp³-hybridized carbons (Fsp3) is 0.538. The summed E-state index contributed by atoms with van der Waals surface area (Å²) in [6.45, 7) is 5.44. The lowest BCUT2D eigenvalue weighted by molar-refractivity contribution is 0.168. The van der Waals surface area contributed by atoms with Gasteiger partial charge in [0.1, 0.15) is 0 Å². The third-order valence-corrected chi connectivity index (χ3v) is 3.94. The summed E-state index contributed by atoms with van der Waals surface area (Å²) in [5.41, 5.74) is 7.36. The Morgan fingerprint density at radius 1 is 1.31 bits per heavy atom. The zero-order valence-electron chi connectivity index (χ0n) is 9.75. The SMILES string of the molecule is CCN1CCC(N)(c2ccccc2Cl)CC1. The number of rotatable bonds is 2. The van der Waals surface area contributed by atoms with Gasteiger partial charge in [-0.15, -0.1) is 0 Å². The predicted molar refractivity (Wildman–Crippen MR) is 68.7 cm³/mol. The van der Waals surface area contributed by atoms with Crippen LogP contribution in [0.25, 0.3) is 0 Å². The Morgan fingerprint density at radius 3 is 2.50 bits per heavy atom. The molecule has 1 fully saturated rings. The standard InChI is InChI=1S/C13H19ClN2/c1-2-16-9-7-13(15,8-10-16)11-5-3-4-6-12(11)14/h3-6H,2,7-10,15H2,1H3. The molecule has 1 aromatic carbocycles. The highest BCUT2D eigenvalue weighted by Gasteiger charge is 2.33. The van der Waals surface area contributed by atoms with Gasteiger partial charge >= 0.3 is 0 Å². The Balaban J connectivity index is 2.18. The quantitative estimate of drug-likeness (QED) is 0.858. The van der Waals surface area contributed by atoms with E-state index in [4.69, 9.17) is 17.3 Å². The van der Waals surface area contributed by atoms with Crippen LogP contribution in [0.1, 0.15) is 25.3 Å². The van der Waals surface area contributed by atoms with E-state index < -0.39 is 0 Å². The largest absolute Gasteiger partial charge is 0.321 e. The van der Waals surface area contributed by atoms with Crippen molar-refractivity contribution >= 4 is 11.6 Å². The molecule has 2 N–H and O–H groups in total. The zero-order valence-corrected chi connectivity index (χ0v) is 10.5. The van der Waals surface area contributed by atoms with Crippen LogP contribution in [0.2, 0.25) is 5.02 Å². The maximum atomic E-state index is 6.49. The number of hydrogen-bond acceptors (Lipinski definition) is 2. The first kappa shape index (κ1) is 11.9. The van der Waals surface area contributed by atoms with Crippen LogP contribution < -0.4 is 5.73 Å². The van der Waals surface area contributed by atoms with Crippen LogP contribution >= 0.6 is 11.6 Å². The minimum atomic E-state index is -0.232. The van der Waals surface area contributed by atoms with E-state index in [1.54, 1.807) is 0 Å². The van der Waals surface area contributed by atoms with E-state index in [9.17, 15) is 0 Å². The monoisotopic (exact) mass is 238 g/mol. The molecule has 0 saturated carbocycles. The van der Waals surface area contributed by atoms with Gasteiger partial charge in [0.05, 0.1) is 0 Å². The average molecular weight is 239 g/mol. The first-order valence-electron chi connectivity index (χ1n) is 5.92. The fourth-order valence-electron chi connectivity index (χ4n) is 2.40. The minimum Gasteiger partial charge on any atom is -0.321 e. The zero-order chi connectivity index (χ0) is 11.6. The Labute approximate surface area is 102 Å². The molecule has 3 heteroatoms. The van der Waals surface area contributed by atoms with Gasteiger partial charge in [-0.2, -0.15) is 0 Å². The summed E-state index contributed by atoms with van der Waals surface area (Å²) < 4.78 is 0. The molecule has 0 atom stereocenters. The topological polar surface area (TPSA) is 29.3 Å². The molecule has 2 nitrogen and oxygen atoms in total. The lowest BCUT2D eigenvalue weighted by Gasteiger charge is -2.39. The maximum absolute atomic E-state index is 6.49. The van der Waals surface area contributed by atoms with Crippen molar-refractivity contribution in [1.29, 1.82) is 0 Å². The third-order valence-electron chi connectivity index (χ3n) is 3.61. The van der Waals surface area contributed by atoms with Crippen molar-refractivity contribution in [3.63, 3.8) is 0 Å². The average Bonchev–Trinajstić information content (AvgIpc) is 2.30. The molecule has 1 aliphatic rings. The van der Waals surface area contributed by atoms with Crippen LogP contribution in [0, 0.1) is 0 Å². The van der Waals surface area contributed by atoms with Crippen molar-refractivity contribution in [3.05, 3.63) is 34.9 Å². The van der Waals surface area contributed by atoms with Gasteiger partial charge in [0.2, 0.25) is 0 Å². The number of likely N-dealkylation sites (tertiary alicyclic amines) is 1.